The van der Waals surface area contributed by atoms with Crippen LogP contribution in [0.3, 0.4) is 0 Å². The first-order chi connectivity index (χ1) is 17.9. The van der Waals surface area contributed by atoms with Crippen LogP contribution in [0.25, 0.3) is 11.0 Å². The van der Waals surface area contributed by atoms with Gasteiger partial charge in [0.25, 0.3) is 5.91 Å². The molecule has 0 atom stereocenters. The molecule has 1 N–H and O–H groups in total. The summed E-state index contributed by atoms with van der Waals surface area (Å²) >= 11 is 14.1. The molecule has 3 heterocycles. The molecule has 0 saturated carbocycles. The fourth-order valence-electron chi connectivity index (χ4n) is 4.42. The van der Waals surface area contributed by atoms with Crippen molar-refractivity contribution < 1.29 is 9.53 Å². The van der Waals surface area contributed by atoms with Crippen molar-refractivity contribution in [2.75, 3.05) is 37.7 Å². The normalized spacial score (nSPS) is 13.8. The first-order valence-electron chi connectivity index (χ1n) is 12.0. The molecule has 7 nitrogen and oxygen atoms in total. The van der Waals surface area contributed by atoms with E-state index in [1.165, 1.54) is 0 Å². The molecule has 4 aromatic rings. The van der Waals surface area contributed by atoms with Crippen molar-refractivity contribution in [1.82, 2.24) is 19.9 Å². The summed E-state index contributed by atoms with van der Waals surface area (Å²) in [7, 11) is 0. The maximum absolute atomic E-state index is 12.9. The van der Waals surface area contributed by atoms with Gasteiger partial charge in [0.1, 0.15) is 5.75 Å². The molecule has 0 unspecified atom stereocenters. The Morgan fingerprint density at radius 2 is 1.86 bits per heavy atom. The number of H-pyrrole nitrogens is 1. The largest absolute Gasteiger partial charge is 0.483 e. The molecule has 2 aromatic carbocycles. The number of pyridine rings is 1. The van der Waals surface area contributed by atoms with Crippen LogP contribution in [0.4, 0.5) is 5.69 Å². The van der Waals surface area contributed by atoms with E-state index in [0.29, 0.717) is 47.7 Å². The highest BCUT2D eigenvalue weighted by Crippen LogP contribution is 2.33. The molecular formula is C27H27Cl2N5O2S. The fourth-order valence-corrected chi connectivity index (χ4v) is 5.74. The van der Waals surface area contributed by atoms with Crippen LogP contribution in [0.1, 0.15) is 16.8 Å². The van der Waals surface area contributed by atoms with E-state index in [0.717, 1.165) is 38.7 Å². The van der Waals surface area contributed by atoms with E-state index in [1.807, 2.05) is 55.1 Å². The minimum atomic E-state index is -0.0364. The third-order valence-corrected chi connectivity index (χ3v) is 8.20. The molecule has 2 aromatic heterocycles. The van der Waals surface area contributed by atoms with Gasteiger partial charge in [-0.3, -0.25) is 9.78 Å². The van der Waals surface area contributed by atoms with Crippen molar-refractivity contribution >= 4 is 57.6 Å². The van der Waals surface area contributed by atoms with Gasteiger partial charge >= 0.3 is 0 Å². The summed E-state index contributed by atoms with van der Waals surface area (Å²) in [5.74, 6) is 1.32. The van der Waals surface area contributed by atoms with Gasteiger partial charge in [-0.2, -0.15) is 0 Å². The number of hydrogen-bond acceptors (Lipinski definition) is 6. The molecule has 5 rings (SSSR count). The second-order valence-electron chi connectivity index (χ2n) is 8.92. The van der Waals surface area contributed by atoms with Crippen molar-refractivity contribution in [3.8, 4) is 5.75 Å². The number of nitrogens with zero attached hydrogens (tertiary/aromatic N) is 4. The number of amides is 1. The lowest BCUT2D eigenvalue weighted by molar-refractivity contribution is -0.133. The Morgan fingerprint density at radius 1 is 1.08 bits per heavy atom. The summed E-state index contributed by atoms with van der Waals surface area (Å²) in [6, 6.07) is 13.6. The van der Waals surface area contributed by atoms with Gasteiger partial charge in [-0.1, -0.05) is 53.2 Å². The predicted octanol–water partition coefficient (Wildman–Crippen LogP) is 5.90. The number of imidazole rings is 1. The van der Waals surface area contributed by atoms with Gasteiger partial charge in [0.15, 0.2) is 11.8 Å². The first-order valence-corrected chi connectivity index (χ1v) is 13.8. The summed E-state index contributed by atoms with van der Waals surface area (Å²) in [6.45, 7) is 6.48. The van der Waals surface area contributed by atoms with Gasteiger partial charge in [-0.25, -0.2) is 4.98 Å². The van der Waals surface area contributed by atoms with Gasteiger partial charge in [-0.15, -0.1) is 0 Å². The number of carbonyl (C=O) groups excluding carboxylic acids is 1. The minimum Gasteiger partial charge on any atom is -0.483 e. The quantitative estimate of drug-likeness (QED) is 0.286. The van der Waals surface area contributed by atoms with E-state index in [4.69, 9.17) is 27.9 Å². The van der Waals surface area contributed by atoms with Gasteiger partial charge < -0.3 is 19.5 Å². The zero-order valence-electron chi connectivity index (χ0n) is 20.6. The van der Waals surface area contributed by atoms with Crippen molar-refractivity contribution in [2.24, 2.45) is 0 Å². The lowest BCUT2D eigenvalue weighted by atomic mass is 10.1. The average molecular weight is 557 g/mol. The first kappa shape index (κ1) is 25.7. The van der Waals surface area contributed by atoms with Gasteiger partial charge in [-0.05, 0) is 38.1 Å². The van der Waals surface area contributed by atoms with Crippen LogP contribution in [0.15, 0.2) is 53.8 Å². The SMILES string of the molecule is Cc1cnc(CSc2nc3ccccc3[nH]2)c(C)c1OCC(=O)N1CCN(c2cccc(Cl)c2Cl)CC1. The molecular weight excluding hydrogens is 529 g/mol. The number of fused-ring (bicyclic) bond motifs is 1. The van der Waals surface area contributed by atoms with Crippen molar-refractivity contribution in [1.29, 1.82) is 0 Å². The number of ether oxygens (including phenoxy) is 1. The molecule has 1 fully saturated rings. The number of aromatic amines is 1. The number of halogens is 2. The lowest BCUT2D eigenvalue weighted by Crippen LogP contribution is -2.50. The number of hydrogen-bond donors (Lipinski definition) is 1. The minimum absolute atomic E-state index is 0.0141. The third-order valence-electron chi connectivity index (χ3n) is 6.50. The lowest BCUT2D eigenvalue weighted by Gasteiger charge is -2.36. The Morgan fingerprint density at radius 3 is 2.65 bits per heavy atom. The van der Waals surface area contributed by atoms with Crippen LogP contribution in [0.2, 0.25) is 10.0 Å². The molecule has 1 aliphatic rings. The molecule has 37 heavy (non-hydrogen) atoms. The van der Waals surface area contributed by atoms with Crippen LogP contribution >= 0.6 is 35.0 Å². The number of anilines is 1. The van der Waals surface area contributed by atoms with Crippen LogP contribution < -0.4 is 9.64 Å². The van der Waals surface area contributed by atoms with Gasteiger partial charge in [0.05, 0.1) is 32.5 Å². The van der Waals surface area contributed by atoms with E-state index in [2.05, 4.69) is 19.9 Å². The molecule has 0 bridgehead atoms. The Kier molecular flexibility index (Phi) is 7.79. The molecule has 192 valence electrons. The van der Waals surface area contributed by atoms with Gasteiger partial charge in [0, 0.05) is 49.3 Å². The van der Waals surface area contributed by atoms with E-state index in [1.54, 1.807) is 24.0 Å². The number of rotatable bonds is 7. The molecule has 0 radical (unpaired) electrons. The predicted molar refractivity (Wildman–Crippen MR) is 150 cm³/mol. The van der Waals surface area contributed by atoms with E-state index < -0.39 is 0 Å². The fraction of sp³-hybridized carbons (Fsp3) is 0.296. The summed E-state index contributed by atoms with van der Waals surface area (Å²) in [5.41, 5.74) is 5.61. The molecule has 0 spiro atoms. The van der Waals surface area contributed by atoms with Crippen LogP contribution in [-0.2, 0) is 10.5 Å². The summed E-state index contributed by atoms with van der Waals surface area (Å²) < 4.78 is 6.05. The number of aryl methyl sites for hydroxylation is 1. The van der Waals surface area contributed by atoms with Crippen molar-refractivity contribution in [3.05, 3.63) is 75.5 Å². The zero-order chi connectivity index (χ0) is 25.9. The number of aromatic nitrogens is 3. The zero-order valence-corrected chi connectivity index (χ0v) is 23.0. The number of benzene rings is 2. The third kappa shape index (κ3) is 5.66. The van der Waals surface area contributed by atoms with Gasteiger partial charge in [0.2, 0.25) is 0 Å². The highest BCUT2D eigenvalue weighted by atomic mass is 35.5. The summed E-state index contributed by atoms with van der Waals surface area (Å²) in [6.07, 6.45) is 1.80. The second-order valence-corrected chi connectivity index (χ2v) is 10.7. The Hall–Kier alpha value is -2.94. The standard InChI is InChI=1S/C27H27Cl2N5O2S/c1-17-14-30-22(16-37-27-31-20-7-3-4-8-21(20)32-27)18(2)26(17)36-15-24(35)34-12-10-33(11-13-34)23-9-5-6-19(28)25(23)29/h3-9,14H,10-13,15-16H2,1-2H3,(H,31,32). The van der Waals surface area contributed by atoms with Crippen LogP contribution in [0.5, 0.6) is 5.75 Å². The number of para-hydroxylation sites is 2. The second kappa shape index (κ2) is 11.2. The molecule has 0 aliphatic carbocycles. The summed E-state index contributed by atoms with van der Waals surface area (Å²) in [5, 5.41) is 1.92. The smallest absolute Gasteiger partial charge is 0.260 e. The van der Waals surface area contributed by atoms with E-state index >= 15 is 0 Å². The monoisotopic (exact) mass is 555 g/mol. The number of thioether (sulfide) groups is 1. The van der Waals surface area contributed by atoms with Crippen LogP contribution in [-0.4, -0.2) is 58.5 Å². The number of nitrogens with one attached hydrogen (secondary N) is 1. The Labute approximate surface area is 230 Å². The topological polar surface area (TPSA) is 74.3 Å². The molecule has 1 saturated heterocycles. The van der Waals surface area contributed by atoms with E-state index in [9.17, 15) is 4.79 Å². The maximum atomic E-state index is 12.9. The van der Waals surface area contributed by atoms with Crippen LogP contribution in [0, 0.1) is 13.8 Å². The Bertz CT molecular complexity index is 1400. The summed E-state index contributed by atoms with van der Waals surface area (Å²) in [4.78, 5) is 29.5. The van der Waals surface area contributed by atoms with Crippen molar-refractivity contribution in [3.63, 3.8) is 0 Å². The highest BCUT2D eigenvalue weighted by molar-refractivity contribution is 7.98. The number of piperazine rings is 1. The molecule has 1 amide bonds. The molecule has 1 aliphatic heterocycles. The Balaban J connectivity index is 1.18. The highest BCUT2D eigenvalue weighted by Gasteiger charge is 2.24. The average Bonchev–Trinajstić information content (AvgIpc) is 3.33. The van der Waals surface area contributed by atoms with Crippen molar-refractivity contribution in [2.45, 2.75) is 24.8 Å². The number of carbonyl (C=O) groups is 1. The molecule has 10 heteroatoms. The maximum Gasteiger partial charge on any atom is 0.260 e. The van der Waals surface area contributed by atoms with E-state index in [-0.39, 0.29) is 12.5 Å².